The Kier molecular flexibility index (Phi) is 8.71. The largest absolute Gasteiger partial charge is 0.328 e. The van der Waals surface area contributed by atoms with Gasteiger partial charge in [0.2, 0.25) is 6.41 Å². The van der Waals surface area contributed by atoms with E-state index in [2.05, 4.69) is 54.5 Å². The lowest BCUT2D eigenvalue weighted by Crippen LogP contribution is -2.14. The van der Waals surface area contributed by atoms with Gasteiger partial charge in [-0.2, -0.15) is 0 Å². The number of hydrogen-bond acceptors (Lipinski definition) is 2. The monoisotopic (exact) mass is 400 g/mol. The fraction of sp³-hybridized carbons (Fsp3) is 0.190. The highest BCUT2D eigenvalue weighted by Crippen LogP contribution is 2.26. The fourth-order valence-electron chi connectivity index (χ4n) is 2.40. The number of carbonyl (C=O) groups excluding carboxylic acids is 1. The first-order chi connectivity index (χ1) is 12.0. The standard InChI is InChI=1S/C21H25BrN2O/c1-6-9-10-20(21(8-3)23-15-25)17(5)18(7-2)13-24-14-19(22)12-11-16(24)4/h6,8-15H,1,4,7H2,2-3,5H3,(H,23,25)/b10-9-,18-13+,20-17+,21-8+. The third-order valence-corrected chi connectivity index (χ3v) is 4.25. The van der Waals surface area contributed by atoms with Gasteiger partial charge < -0.3 is 10.2 Å². The Morgan fingerprint density at radius 3 is 2.68 bits per heavy atom. The molecule has 4 heteroatoms. The Hall–Kier alpha value is -2.33. The van der Waals surface area contributed by atoms with Crippen molar-refractivity contribution in [2.24, 2.45) is 0 Å². The zero-order valence-electron chi connectivity index (χ0n) is 15.1. The van der Waals surface area contributed by atoms with Crippen LogP contribution in [0.5, 0.6) is 0 Å². The Balaban J connectivity index is 3.42. The molecule has 132 valence electrons. The lowest BCUT2D eigenvalue weighted by molar-refractivity contribution is -0.108. The van der Waals surface area contributed by atoms with Crippen molar-refractivity contribution in [3.63, 3.8) is 0 Å². The molecule has 1 N–H and O–H groups in total. The van der Waals surface area contributed by atoms with E-state index in [9.17, 15) is 4.79 Å². The maximum Gasteiger partial charge on any atom is 0.211 e. The summed E-state index contributed by atoms with van der Waals surface area (Å²) in [5, 5.41) is 2.77. The van der Waals surface area contributed by atoms with E-state index in [0.29, 0.717) is 6.41 Å². The average Bonchev–Trinajstić information content (AvgIpc) is 2.61. The SMILES string of the molecule is C=C\C=C/C(C(=C\C)/NC=O)=C(C)\C(=C\N1C=C(Br)C=CC1=C)CC. The third-order valence-electron chi connectivity index (χ3n) is 3.78. The van der Waals surface area contributed by atoms with Crippen LogP contribution < -0.4 is 5.32 Å². The molecule has 0 atom stereocenters. The maximum absolute atomic E-state index is 10.9. The molecule has 0 saturated heterocycles. The zero-order chi connectivity index (χ0) is 18.8. The van der Waals surface area contributed by atoms with Gasteiger partial charge in [0.05, 0.1) is 0 Å². The van der Waals surface area contributed by atoms with E-state index in [4.69, 9.17) is 0 Å². The van der Waals surface area contributed by atoms with Crippen molar-refractivity contribution < 1.29 is 4.79 Å². The van der Waals surface area contributed by atoms with Gasteiger partial charge in [-0.15, -0.1) is 0 Å². The van der Waals surface area contributed by atoms with Crippen LogP contribution in [0.1, 0.15) is 27.2 Å². The molecule has 0 bridgehead atoms. The van der Waals surface area contributed by atoms with Crippen LogP contribution in [-0.2, 0) is 4.79 Å². The van der Waals surface area contributed by atoms with E-state index < -0.39 is 0 Å². The number of amides is 1. The van der Waals surface area contributed by atoms with Gasteiger partial charge in [-0.25, -0.2) is 0 Å². The molecule has 1 heterocycles. The van der Waals surface area contributed by atoms with Gasteiger partial charge in [0, 0.05) is 33.8 Å². The van der Waals surface area contributed by atoms with E-state index in [0.717, 1.165) is 39.0 Å². The lowest BCUT2D eigenvalue weighted by Gasteiger charge is -2.22. The van der Waals surface area contributed by atoms with Crippen molar-refractivity contribution in [1.82, 2.24) is 10.2 Å². The molecule has 25 heavy (non-hydrogen) atoms. The number of rotatable bonds is 8. The summed E-state index contributed by atoms with van der Waals surface area (Å²) in [5.74, 6) is 0. The molecule has 1 amide bonds. The maximum atomic E-state index is 10.9. The van der Waals surface area contributed by atoms with Crippen LogP contribution in [0.15, 0.2) is 94.6 Å². The van der Waals surface area contributed by atoms with E-state index in [1.54, 1.807) is 6.08 Å². The molecular formula is C21H25BrN2O. The van der Waals surface area contributed by atoms with Crippen molar-refractivity contribution in [2.75, 3.05) is 0 Å². The molecule has 0 aromatic rings. The normalized spacial score (nSPS) is 16.7. The topological polar surface area (TPSA) is 32.3 Å². The molecular weight excluding hydrogens is 376 g/mol. The smallest absolute Gasteiger partial charge is 0.211 e. The van der Waals surface area contributed by atoms with Crippen LogP contribution in [0, 0.1) is 0 Å². The van der Waals surface area contributed by atoms with Crippen molar-refractivity contribution in [2.45, 2.75) is 27.2 Å². The summed E-state index contributed by atoms with van der Waals surface area (Å²) in [7, 11) is 0. The molecule has 0 spiro atoms. The minimum Gasteiger partial charge on any atom is -0.328 e. The van der Waals surface area contributed by atoms with Crippen LogP contribution in [0.3, 0.4) is 0 Å². The summed E-state index contributed by atoms with van der Waals surface area (Å²) in [6.45, 7) is 13.8. The quantitative estimate of drug-likeness (QED) is 0.424. The Labute approximate surface area is 159 Å². The summed E-state index contributed by atoms with van der Waals surface area (Å²) in [6, 6.07) is 0. The molecule has 3 nitrogen and oxygen atoms in total. The molecule has 1 aliphatic heterocycles. The molecule has 1 rings (SSSR count). The van der Waals surface area contributed by atoms with Gasteiger partial charge in [-0.1, -0.05) is 44.4 Å². The average molecular weight is 401 g/mol. The first kappa shape index (κ1) is 20.7. The zero-order valence-corrected chi connectivity index (χ0v) is 16.6. The second-order valence-electron chi connectivity index (χ2n) is 5.35. The lowest BCUT2D eigenvalue weighted by atomic mass is 9.97. The van der Waals surface area contributed by atoms with Gasteiger partial charge >= 0.3 is 0 Å². The first-order valence-electron chi connectivity index (χ1n) is 8.09. The summed E-state index contributed by atoms with van der Waals surface area (Å²) in [5.41, 5.74) is 4.82. The number of hydrogen-bond donors (Lipinski definition) is 1. The van der Waals surface area contributed by atoms with E-state index in [1.807, 2.05) is 48.4 Å². The predicted molar refractivity (Wildman–Crippen MR) is 110 cm³/mol. The van der Waals surface area contributed by atoms with Gasteiger partial charge in [0.15, 0.2) is 0 Å². The molecule has 0 unspecified atom stereocenters. The number of nitrogens with one attached hydrogen (secondary N) is 1. The van der Waals surface area contributed by atoms with Gasteiger partial charge in [0.1, 0.15) is 0 Å². The van der Waals surface area contributed by atoms with Gasteiger partial charge in [-0.3, -0.25) is 4.79 Å². The highest BCUT2D eigenvalue weighted by atomic mass is 79.9. The Bertz CT molecular complexity index is 718. The second-order valence-corrected chi connectivity index (χ2v) is 6.27. The highest BCUT2D eigenvalue weighted by molar-refractivity contribution is 9.11. The van der Waals surface area contributed by atoms with Crippen LogP contribution in [-0.4, -0.2) is 11.3 Å². The Morgan fingerprint density at radius 1 is 1.40 bits per heavy atom. The number of halogens is 1. The minimum atomic E-state index is 0.691. The van der Waals surface area contributed by atoms with Crippen molar-refractivity contribution in [1.29, 1.82) is 0 Å². The molecule has 0 aliphatic carbocycles. The number of allylic oxidation sites excluding steroid dienone is 9. The van der Waals surface area contributed by atoms with Gasteiger partial charge in [-0.05, 0) is 59.5 Å². The summed E-state index contributed by atoms with van der Waals surface area (Å²) < 4.78 is 0.983. The summed E-state index contributed by atoms with van der Waals surface area (Å²) in [6.07, 6.45) is 16.9. The molecule has 0 radical (unpaired) electrons. The third kappa shape index (κ3) is 5.91. The molecule has 0 fully saturated rings. The van der Waals surface area contributed by atoms with Crippen molar-refractivity contribution in [3.05, 3.63) is 94.6 Å². The van der Waals surface area contributed by atoms with Gasteiger partial charge in [0.25, 0.3) is 0 Å². The first-order valence-corrected chi connectivity index (χ1v) is 8.88. The van der Waals surface area contributed by atoms with Crippen LogP contribution in [0.4, 0.5) is 0 Å². The number of nitrogens with zero attached hydrogens (tertiary/aromatic N) is 1. The summed E-state index contributed by atoms with van der Waals surface area (Å²) in [4.78, 5) is 12.9. The van der Waals surface area contributed by atoms with Crippen molar-refractivity contribution in [3.8, 4) is 0 Å². The van der Waals surface area contributed by atoms with E-state index in [-0.39, 0.29) is 0 Å². The van der Waals surface area contributed by atoms with Crippen LogP contribution in [0.2, 0.25) is 0 Å². The van der Waals surface area contributed by atoms with E-state index >= 15 is 0 Å². The Morgan fingerprint density at radius 2 is 2.12 bits per heavy atom. The minimum absolute atomic E-state index is 0.691. The molecule has 0 aromatic heterocycles. The summed E-state index contributed by atoms with van der Waals surface area (Å²) >= 11 is 3.49. The molecule has 1 aliphatic rings. The molecule has 0 aromatic carbocycles. The molecule has 0 saturated carbocycles. The van der Waals surface area contributed by atoms with Crippen LogP contribution in [0.25, 0.3) is 0 Å². The number of carbonyl (C=O) groups is 1. The predicted octanol–water partition coefficient (Wildman–Crippen LogP) is 5.61. The van der Waals surface area contributed by atoms with Crippen LogP contribution >= 0.6 is 15.9 Å². The van der Waals surface area contributed by atoms with E-state index in [1.165, 1.54) is 0 Å². The second kappa shape index (κ2) is 10.5. The van der Waals surface area contributed by atoms with Crippen molar-refractivity contribution >= 4 is 22.3 Å². The highest BCUT2D eigenvalue weighted by Gasteiger charge is 2.11. The fourth-order valence-corrected chi connectivity index (χ4v) is 2.75.